The van der Waals surface area contributed by atoms with E-state index in [4.69, 9.17) is 0 Å². The molecule has 0 fully saturated rings. The molecular formula is C61H52N4. The summed E-state index contributed by atoms with van der Waals surface area (Å²) in [5, 5.41) is 15.8. The maximum absolute atomic E-state index is 12.1. The van der Waals surface area contributed by atoms with Crippen molar-refractivity contribution < 1.29 is 0 Å². The van der Waals surface area contributed by atoms with E-state index in [9.17, 15) is 5.26 Å². The van der Waals surface area contributed by atoms with Gasteiger partial charge in [-0.3, -0.25) is 0 Å². The Balaban J connectivity index is 1.43. The van der Waals surface area contributed by atoms with Crippen LogP contribution in [0.2, 0.25) is 0 Å². The molecule has 4 nitrogen and oxygen atoms in total. The fraction of sp³-hybridized carbons (Fsp3) is 0.197. The number of benzene rings is 6. The topological polar surface area (TPSA) is 38.6 Å². The maximum Gasteiger partial charge on any atom is 0.101 e. The van der Waals surface area contributed by atoms with E-state index in [0.717, 1.165) is 75.1 Å². The van der Waals surface area contributed by atoms with Gasteiger partial charge in [-0.25, -0.2) is 0 Å². The highest BCUT2D eigenvalue weighted by Gasteiger charge is 2.37. The van der Waals surface area contributed by atoms with Gasteiger partial charge >= 0.3 is 0 Å². The number of aromatic nitrogens is 3. The summed E-state index contributed by atoms with van der Waals surface area (Å²) in [6, 6.07) is 45.3. The van der Waals surface area contributed by atoms with Crippen LogP contribution < -0.4 is 0 Å². The fourth-order valence-corrected chi connectivity index (χ4v) is 11.5. The monoisotopic (exact) mass is 840 g/mol. The molecule has 3 aliphatic rings. The van der Waals surface area contributed by atoms with Crippen molar-refractivity contribution in [3.05, 3.63) is 190 Å². The van der Waals surface area contributed by atoms with Crippen LogP contribution in [0.4, 0.5) is 0 Å². The Bertz CT molecular complexity index is 3490. The van der Waals surface area contributed by atoms with Gasteiger partial charge in [0, 0.05) is 44.4 Å². The smallest absolute Gasteiger partial charge is 0.101 e. The SMILES string of the molecule is Cc1ccc2c(c1)c1c(n2-c2c(-c3ccccc3)c(C#N)c(-c3ccccc3)c(-n3c4c(c5c3C=CC(C)C5)CC(C)C=C4)c2-n2c3ccc(C)cc3c3cc(C)ccc32)C=CC(C)C1. The number of aryl methyl sites for hydroxylation is 3. The summed E-state index contributed by atoms with van der Waals surface area (Å²) < 4.78 is 7.69. The van der Waals surface area contributed by atoms with Crippen LogP contribution in [-0.2, 0) is 19.3 Å². The standard InChI is InChI=1S/C61H52N4/c1-36-17-23-51-44(29-36)45-30-37(2)18-24-52(45)63(51)59-57(42-13-9-7-10-14-42)50(35-62)58(43-15-11-8-12-16-43)60(64-53-25-19-38(3)31-46(53)47-32-39(4)20-26-54(47)64)61(59)65-55-27-21-40(5)33-48(55)49-34-41(6)22-28-56(49)65/h7-29,33-34,37-39H,30-32H2,1-6H3. The van der Waals surface area contributed by atoms with Gasteiger partial charge in [0.15, 0.2) is 0 Å². The van der Waals surface area contributed by atoms with Gasteiger partial charge in [0.1, 0.15) is 6.07 Å². The Kier molecular flexibility index (Phi) is 8.98. The lowest BCUT2D eigenvalue weighted by Gasteiger charge is -2.30. The molecule has 6 aromatic carbocycles. The number of allylic oxidation sites excluding steroid dienone is 3. The first-order valence-corrected chi connectivity index (χ1v) is 23.4. The number of hydrogen-bond donors (Lipinski definition) is 0. The first-order chi connectivity index (χ1) is 31.7. The molecule has 0 spiro atoms. The molecule has 0 amide bonds. The molecule has 4 heteroatoms. The van der Waals surface area contributed by atoms with Crippen LogP contribution in [0.1, 0.15) is 76.8 Å². The minimum atomic E-state index is 0.394. The highest BCUT2D eigenvalue weighted by molar-refractivity contribution is 6.12. The summed E-state index contributed by atoms with van der Waals surface area (Å²) in [6.07, 6.45) is 17.2. The van der Waals surface area contributed by atoms with Crippen LogP contribution >= 0.6 is 0 Å². The summed E-state index contributed by atoms with van der Waals surface area (Å²) in [4.78, 5) is 0. The van der Waals surface area contributed by atoms with Gasteiger partial charge in [-0.2, -0.15) is 5.26 Å². The third kappa shape index (κ3) is 5.95. The Morgan fingerprint density at radius 2 is 0.846 bits per heavy atom. The van der Waals surface area contributed by atoms with E-state index in [-0.39, 0.29) is 0 Å². The minimum Gasteiger partial charge on any atom is -0.307 e. The van der Waals surface area contributed by atoms with Gasteiger partial charge < -0.3 is 13.7 Å². The second kappa shape index (κ2) is 14.9. The molecule has 3 aromatic heterocycles. The van der Waals surface area contributed by atoms with E-state index in [1.54, 1.807) is 0 Å². The Hall–Kier alpha value is -7.35. The molecule has 0 N–H and O–H groups in total. The van der Waals surface area contributed by atoms with Crippen molar-refractivity contribution in [2.24, 2.45) is 17.8 Å². The van der Waals surface area contributed by atoms with Crippen LogP contribution in [0.25, 0.3) is 90.3 Å². The molecule has 3 atom stereocenters. The van der Waals surface area contributed by atoms with E-state index < -0.39 is 0 Å². The van der Waals surface area contributed by atoms with E-state index in [1.165, 1.54) is 66.6 Å². The van der Waals surface area contributed by atoms with Crippen LogP contribution in [0.5, 0.6) is 0 Å². The normalized spacial score (nSPS) is 17.5. The molecule has 0 radical (unpaired) electrons. The third-order valence-corrected chi connectivity index (χ3v) is 14.5. The summed E-state index contributed by atoms with van der Waals surface area (Å²) in [5.41, 5.74) is 22.5. The third-order valence-electron chi connectivity index (χ3n) is 14.5. The number of fused-ring (bicyclic) bond motifs is 9. The predicted molar refractivity (Wildman–Crippen MR) is 272 cm³/mol. The second-order valence-corrected chi connectivity index (χ2v) is 19.3. The van der Waals surface area contributed by atoms with Crippen molar-refractivity contribution in [3.8, 4) is 45.4 Å². The van der Waals surface area contributed by atoms with Crippen molar-refractivity contribution in [1.82, 2.24) is 13.7 Å². The van der Waals surface area contributed by atoms with Gasteiger partial charge in [0.2, 0.25) is 0 Å². The van der Waals surface area contributed by atoms with Gasteiger partial charge in [0.05, 0.1) is 39.2 Å². The zero-order valence-electron chi connectivity index (χ0n) is 38.1. The van der Waals surface area contributed by atoms with Crippen molar-refractivity contribution in [1.29, 1.82) is 5.26 Å². The number of hydrogen-bond acceptors (Lipinski definition) is 1. The van der Waals surface area contributed by atoms with Crippen molar-refractivity contribution >= 4 is 50.9 Å². The van der Waals surface area contributed by atoms with Crippen LogP contribution in [-0.4, -0.2) is 13.7 Å². The molecule has 0 saturated carbocycles. The molecule has 65 heavy (non-hydrogen) atoms. The van der Waals surface area contributed by atoms with Crippen LogP contribution in [0.15, 0.2) is 133 Å². The van der Waals surface area contributed by atoms with Crippen LogP contribution in [0, 0.1) is 49.9 Å². The van der Waals surface area contributed by atoms with Crippen molar-refractivity contribution in [2.75, 3.05) is 0 Å². The van der Waals surface area contributed by atoms with E-state index in [0.29, 0.717) is 23.3 Å². The highest BCUT2D eigenvalue weighted by Crippen LogP contribution is 2.52. The minimum absolute atomic E-state index is 0.394. The van der Waals surface area contributed by atoms with Crippen molar-refractivity contribution in [2.45, 2.75) is 60.8 Å². The molecule has 9 aromatic rings. The Morgan fingerprint density at radius 3 is 1.31 bits per heavy atom. The Morgan fingerprint density at radius 1 is 0.446 bits per heavy atom. The molecule has 0 saturated heterocycles. The number of nitrogens with zero attached hydrogens (tertiary/aromatic N) is 4. The average Bonchev–Trinajstić information content (AvgIpc) is 3.92. The molecule has 3 heterocycles. The molecule has 3 unspecified atom stereocenters. The second-order valence-electron chi connectivity index (χ2n) is 19.3. The molecular weight excluding hydrogens is 789 g/mol. The quantitative estimate of drug-likeness (QED) is 0.170. The molecule has 0 aliphatic heterocycles. The van der Waals surface area contributed by atoms with Gasteiger partial charge in [-0.15, -0.1) is 0 Å². The molecule has 0 bridgehead atoms. The van der Waals surface area contributed by atoms with E-state index >= 15 is 0 Å². The summed E-state index contributed by atoms with van der Waals surface area (Å²) >= 11 is 0. The molecule has 316 valence electrons. The van der Waals surface area contributed by atoms with E-state index in [2.05, 4.69) is 213 Å². The lowest BCUT2D eigenvalue weighted by molar-refractivity contribution is 0.681. The molecule has 12 rings (SSSR count). The summed E-state index contributed by atoms with van der Waals surface area (Å²) in [7, 11) is 0. The van der Waals surface area contributed by atoms with Crippen LogP contribution in [0.3, 0.4) is 0 Å². The number of rotatable bonds is 5. The predicted octanol–water partition coefficient (Wildman–Crippen LogP) is 15.3. The maximum atomic E-state index is 12.1. The summed E-state index contributed by atoms with van der Waals surface area (Å²) in [6.45, 7) is 13.6. The molecule has 3 aliphatic carbocycles. The zero-order valence-corrected chi connectivity index (χ0v) is 38.1. The number of nitriles is 1. The average molecular weight is 841 g/mol. The summed E-state index contributed by atoms with van der Waals surface area (Å²) in [5.74, 6) is 1.23. The fourth-order valence-electron chi connectivity index (χ4n) is 11.5. The van der Waals surface area contributed by atoms with Crippen molar-refractivity contribution in [3.63, 3.8) is 0 Å². The first kappa shape index (κ1) is 39.3. The van der Waals surface area contributed by atoms with Gasteiger partial charge in [-0.05, 0) is 140 Å². The van der Waals surface area contributed by atoms with Gasteiger partial charge in [-0.1, -0.05) is 135 Å². The van der Waals surface area contributed by atoms with Gasteiger partial charge in [0.25, 0.3) is 0 Å². The lowest BCUT2D eigenvalue weighted by atomic mass is 9.87. The zero-order chi connectivity index (χ0) is 44.2. The lowest BCUT2D eigenvalue weighted by Crippen LogP contribution is -2.17. The largest absolute Gasteiger partial charge is 0.307 e. The van der Waals surface area contributed by atoms with E-state index in [1.807, 2.05) is 0 Å². The first-order valence-electron chi connectivity index (χ1n) is 23.4. The highest BCUT2D eigenvalue weighted by atomic mass is 15.1. The Labute approximate surface area is 381 Å².